The first-order valence-electron chi connectivity index (χ1n) is 6.63. The molecule has 1 N–H and O–H groups in total. The molecule has 2 heterocycles. The number of carbonyl (C=O) groups is 1. The number of nitrogens with one attached hydrogen (secondary N) is 1. The molecule has 0 bridgehead atoms. The minimum Gasteiger partial charge on any atom is -0.357 e. The van der Waals surface area contributed by atoms with Crippen LogP contribution in [0.25, 0.3) is 0 Å². The van der Waals surface area contributed by atoms with E-state index < -0.39 is 0 Å². The van der Waals surface area contributed by atoms with Gasteiger partial charge in [0.05, 0.1) is 5.56 Å². The zero-order valence-electron chi connectivity index (χ0n) is 11.1. The highest BCUT2D eigenvalue weighted by atomic mass is 16.1. The summed E-state index contributed by atoms with van der Waals surface area (Å²) in [6.07, 6.45) is 3.30. The smallest absolute Gasteiger partial charge is 0.223 e. The molecule has 2 rings (SSSR count). The molecule has 1 fully saturated rings. The van der Waals surface area contributed by atoms with E-state index in [9.17, 15) is 4.79 Å². The minimum absolute atomic E-state index is 0.120. The maximum absolute atomic E-state index is 11.7. The summed E-state index contributed by atoms with van der Waals surface area (Å²) in [4.78, 5) is 18.2. The van der Waals surface area contributed by atoms with Crippen molar-refractivity contribution in [3.63, 3.8) is 0 Å². The summed E-state index contributed by atoms with van der Waals surface area (Å²) in [6, 6.07) is 5.70. The molecule has 1 aromatic rings. The number of piperidine rings is 1. The molecule has 0 aromatic carbocycles. The Kier molecular flexibility index (Phi) is 4.35. The van der Waals surface area contributed by atoms with Crippen LogP contribution in [-0.2, 0) is 4.79 Å². The number of nitriles is 1. The highest BCUT2D eigenvalue weighted by molar-refractivity contribution is 5.78. The summed E-state index contributed by atoms with van der Waals surface area (Å²) in [5, 5.41) is 11.6. The third-order valence-electron chi connectivity index (χ3n) is 3.42. The molecule has 0 atom stereocenters. The average Bonchev–Trinajstić information content (AvgIpc) is 2.48. The van der Waals surface area contributed by atoms with Crippen LogP contribution >= 0.6 is 0 Å². The van der Waals surface area contributed by atoms with Gasteiger partial charge in [0, 0.05) is 31.7 Å². The van der Waals surface area contributed by atoms with Crippen LogP contribution in [-0.4, -0.2) is 30.5 Å². The fourth-order valence-electron chi connectivity index (χ4n) is 2.33. The van der Waals surface area contributed by atoms with Gasteiger partial charge in [-0.2, -0.15) is 5.26 Å². The van der Waals surface area contributed by atoms with Crippen LogP contribution in [0.15, 0.2) is 18.3 Å². The Balaban J connectivity index is 1.92. The monoisotopic (exact) mass is 258 g/mol. The van der Waals surface area contributed by atoms with Crippen LogP contribution in [0.4, 0.5) is 5.82 Å². The van der Waals surface area contributed by atoms with Crippen molar-refractivity contribution < 1.29 is 4.79 Å². The molecule has 1 aliphatic heterocycles. The zero-order valence-corrected chi connectivity index (χ0v) is 11.1. The molecule has 1 aliphatic rings. The van der Waals surface area contributed by atoms with Gasteiger partial charge in [0.15, 0.2) is 0 Å². The van der Waals surface area contributed by atoms with Gasteiger partial charge in [-0.15, -0.1) is 0 Å². The molecular weight excluding hydrogens is 240 g/mol. The van der Waals surface area contributed by atoms with Crippen LogP contribution in [0.3, 0.4) is 0 Å². The summed E-state index contributed by atoms with van der Waals surface area (Å²) in [6.45, 7) is 4.30. The van der Waals surface area contributed by atoms with Crippen molar-refractivity contribution in [2.45, 2.75) is 19.8 Å². The van der Waals surface area contributed by atoms with Gasteiger partial charge in [0.1, 0.15) is 11.9 Å². The number of pyridine rings is 1. The molecule has 5 heteroatoms. The maximum atomic E-state index is 11.7. The second-order valence-electron chi connectivity index (χ2n) is 4.67. The number of carbonyl (C=O) groups excluding carboxylic acids is 1. The lowest BCUT2D eigenvalue weighted by Gasteiger charge is -2.32. The fourth-order valence-corrected chi connectivity index (χ4v) is 2.33. The Hall–Kier alpha value is -2.09. The number of amides is 1. The van der Waals surface area contributed by atoms with Gasteiger partial charge in [-0.05, 0) is 31.9 Å². The van der Waals surface area contributed by atoms with Gasteiger partial charge in [0.25, 0.3) is 0 Å². The third-order valence-corrected chi connectivity index (χ3v) is 3.42. The first-order chi connectivity index (χ1) is 9.24. The second-order valence-corrected chi connectivity index (χ2v) is 4.67. The van der Waals surface area contributed by atoms with Crippen molar-refractivity contribution in [3.8, 4) is 6.07 Å². The van der Waals surface area contributed by atoms with E-state index in [1.165, 1.54) is 0 Å². The van der Waals surface area contributed by atoms with Gasteiger partial charge < -0.3 is 10.2 Å². The van der Waals surface area contributed by atoms with E-state index in [1.54, 1.807) is 12.3 Å². The summed E-state index contributed by atoms with van der Waals surface area (Å²) in [5.74, 6) is 1.16. The summed E-state index contributed by atoms with van der Waals surface area (Å²) in [5.41, 5.74) is 0.570. The van der Waals surface area contributed by atoms with Crippen LogP contribution in [0.5, 0.6) is 0 Å². The molecule has 0 saturated carbocycles. The minimum atomic E-state index is 0.120. The van der Waals surface area contributed by atoms with Gasteiger partial charge in [-0.3, -0.25) is 4.79 Å². The van der Waals surface area contributed by atoms with Crippen LogP contribution in [0, 0.1) is 17.2 Å². The first-order valence-corrected chi connectivity index (χ1v) is 6.63. The van der Waals surface area contributed by atoms with Crippen LogP contribution in [0.1, 0.15) is 25.3 Å². The fraction of sp³-hybridized carbons (Fsp3) is 0.500. The van der Waals surface area contributed by atoms with Gasteiger partial charge in [-0.25, -0.2) is 4.98 Å². The van der Waals surface area contributed by atoms with Gasteiger partial charge in [0.2, 0.25) is 5.91 Å². The molecule has 1 aromatic heterocycles. The summed E-state index contributed by atoms with van der Waals surface area (Å²) >= 11 is 0. The topological polar surface area (TPSA) is 69.0 Å². The normalized spacial score (nSPS) is 15.9. The van der Waals surface area contributed by atoms with Crippen molar-refractivity contribution in [1.82, 2.24) is 10.3 Å². The third kappa shape index (κ3) is 3.22. The predicted octanol–water partition coefficient (Wildman–Crippen LogP) is 1.31. The Morgan fingerprint density at radius 1 is 1.53 bits per heavy atom. The van der Waals surface area contributed by atoms with Crippen molar-refractivity contribution in [2.75, 3.05) is 24.5 Å². The Morgan fingerprint density at radius 2 is 2.26 bits per heavy atom. The van der Waals surface area contributed by atoms with Crippen molar-refractivity contribution in [1.29, 1.82) is 5.26 Å². The summed E-state index contributed by atoms with van der Waals surface area (Å²) in [7, 11) is 0. The van der Waals surface area contributed by atoms with Crippen LogP contribution < -0.4 is 10.2 Å². The lowest BCUT2D eigenvalue weighted by Crippen LogP contribution is -2.40. The highest BCUT2D eigenvalue weighted by Gasteiger charge is 2.24. The number of rotatable bonds is 3. The zero-order chi connectivity index (χ0) is 13.7. The lowest BCUT2D eigenvalue weighted by atomic mass is 9.96. The molecular formula is C14H18N4O. The van der Waals surface area contributed by atoms with Gasteiger partial charge in [-0.1, -0.05) is 0 Å². The number of hydrogen-bond acceptors (Lipinski definition) is 4. The molecule has 0 aliphatic carbocycles. The molecule has 0 unspecified atom stereocenters. The standard InChI is InChI=1S/C14H18N4O/c1-2-16-14(19)12-5-7-18(8-6-12)13-4-3-11(9-15)10-17-13/h3-4,10,12H,2,5-8H2,1H3,(H,16,19). The Bertz CT molecular complexity index is 469. The predicted molar refractivity (Wildman–Crippen MR) is 72.6 cm³/mol. The maximum Gasteiger partial charge on any atom is 0.223 e. The summed E-state index contributed by atoms with van der Waals surface area (Å²) < 4.78 is 0. The molecule has 1 saturated heterocycles. The van der Waals surface area contributed by atoms with E-state index >= 15 is 0 Å². The molecule has 5 nitrogen and oxygen atoms in total. The largest absolute Gasteiger partial charge is 0.357 e. The Morgan fingerprint density at radius 3 is 2.79 bits per heavy atom. The SMILES string of the molecule is CCNC(=O)C1CCN(c2ccc(C#N)cn2)CC1. The quantitative estimate of drug-likeness (QED) is 0.887. The Labute approximate surface area is 113 Å². The molecule has 0 radical (unpaired) electrons. The van der Waals surface area contributed by atoms with Crippen molar-refractivity contribution >= 4 is 11.7 Å². The number of anilines is 1. The van der Waals surface area contributed by atoms with E-state index in [1.807, 2.05) is 13.0 Å². The lowest BCUT2D eigenvalue weighted by molar-refractivity contribution is -0.125. The molecule has 19 heavy (non-hydrogen) atoms. The molecule has 100 valence electrons. The van der Waals surface area contributed by atoms with Crippen molar-refractivity contribution in [2.24, 2.45) is 5.92 Å². The van der Waals surface area contributed by atoms with Crippen molar-refractivity contribution in [3.05, 3.63) is 23.9 Å². The van der Waals surface area contributed by atoms with E-state index in [4.69, 9.17) is 5.26 Å². The number of nitrogens with zero attached hydrogens (tertiary/aromatic N) is 3. The average molecular weight is 258 g/mol. The highest BCUT2D eigenvalue weighted by Crippen LogP contribution is 2.21. The first kappa shape index (κ1) is 13.3. The van der Waals surface area contributed by atoms with Gasteiger partial charge >= 0.3 is 0 Å². The van der Waals surface area contributed by atoms with E-state index in [0.717, 1.165) is 31.7 Å². The number of aromatic nitrogens is 1. The van der Waals surface area contributed by atoms with E-state index in [2.05, 4.69) is 21.3 Å². The molecule has 0 spiro atoms. The van der Waals surface area contributed by atoms with E-state index in [-0.39, 0.29) is 11.8 Å². The molecule has 1 amide bonds. The van der Waals surface area contributed by atoms with E-state index in [0.29, 0.717) is 12.1 Å². The van der Waals surface area contributed by atoms with Crippen LogP contribution in [0.2, 0.25) is 0 Å². The second kappa shape index (κ2) is 6.19. The number of hydrogen-bond donors (Lipinski definition) is 1.